The molecule has 0 bridgehead atoms. The lowest BCUT2D eigenvalue weighted by molar-refractivity contribution is 0.147. The van der Waals surface area contributed by atoms with Crippen molar-refractivity contribution in [3.8, 4) is 23.6 Å². The highest BCUT2D eigenvalue weighted by Gasteiger charge is 2.26. The predicted octanol–water partition coefficient (Wildman–Crippen LogP) is 3.70. The molecule has 0 saturated heterocycles. The van der Waals surface area contributed by atoms with Crippen LogP contribution in [0.3, 0.4) is 0 Å². The van der Waals surface area contributed by atoms with Crippen LogP contribution < -0.4 is 4.74 Å². The van der Waals surface area contributed by atoms with Gasteiger partial charge in [-0.1, -0.05) is 0 Å². The van der Waals surface area contributed by atoms with Gasteiger partial charge in [0, 0.05) is 12.3 Å². The zero-order valence-corrected chi connectivity index (χ0v) is 13.4. The lowest BCUT2D eigenvalue weighted by atomic mass is 10.1. The number of hydrogen-bond donors (Lipinski definition) is 0. The van der Waals surface area contributed by atoms with Crippen LogP contribution in [0.1, 0.15) is 23.1 Å². The van der Waals surface area contributed by atoms with Crippen LogP contribution in [-0.4, -0.2) is 14.7 Å². The molecular formula is C16H9F3N2O3S. The van der Waals surface area contributed by atoms with E-state index in [1.165, 1.54) is 6.07 Å². The van der Waals surface area contributed by atoms with Crippen molar-refractivity contribution >= 4 is 9.84 Å². The quantitative estimate of drug-likeness (QED) is 0.823. The van der Waals surface area contributed by atoms with E-state index in [-0.39, 0.29) is 11.3 Å². The molecule has 0 unspecified atom stereocenters. The van der Waals surface area contributed by atoms with Gasteiger partial charge in [-0.3, -0.25) is 0 Å². The maximum absolute atomic E-state index is 13.4. The van der Waals surface area contributed by atoms with Gasteiger partial charge >= 0.3 is 0 Å². The van der Waals surface area contributed by atoms with Crippen LogP contribution >= 0.6 is 0 Å². The van der Waals surface area contributed by atoms with Crippen molar-refractivity contribution in [3.05, 3.63) is 52.8 Å². The SMILES string of the molecule is CS(=O)(=O)c1ccc(Oc2cc(F)cc(C#N)c2)c(C(F)F)c1C#N. The number of rotatable bonds is 4. The maximum atomic E-state index is 13.4. The number of hydrogen-bond acceptors (Lipinski definition) is 5. The van der Waals surface area contributed by atoms with E-state index in [2.05, 4.69) is 0 Å². The first-order valence-electron chi connectivity index (χ1n) is 6.61. The Balaban J connectivity index is 2.66. The number of benzene rings is 2. The Morgan fingerprint density at radius 1 is 1.12 bits per heavy atom. The summed E-state index contributed by atoms with van der Waals surface area (Å²) in [7, 11) is -3.92. The topological polar surface area (TPSA) is 90.9 Å². The summed E-state index contributed by atoms with van der Waals surface area (Å²) >= 11 is 0. The van der Waals surface area contributed by atoms with Crippen LogP contribution in [0.25, 0.3) is 0 Å². The lowest BCUT2D eigenvalue weighted by Crippen LogP contribution is -2.06. The highest BCUT2D eigenvalue weighted by atomic mass is 32.2. The average Bonchev–Trinajstić information content (AvgIpc) is 2.52. The van der Waals surface area contributed by atoms with Crippen molar-refractivity contribution in [3.63, 3.8) is 0 Å². The summed E-state index contributed by atoms with van der Waals surface area (Å²) < 4.78 is 68.8. The first-order chi connectivity index (χ1) is 11.7. The first kappa shape index (κ1) is 18.3. The third kappa shape index (κ3) is 3.90. The van der Waals surface area contributed by atoms with Gasteiger partial charge in [0.25, 0.3) is 6.43 Å². The second kappa shape index (κ2) is 6.83. The molecule has 25 heavy (non-hydrogen) atoms. The Morgan fingerprint density at radius 3 is 2.32 bits per heavy atom. The van der Waals surface area contributed by atoms with E-state index in [1.807, 2.05) is 0 Å². The molecule has 5 nitrogen and oxygen atoms in total. The summed E-state index contributed by atoms with van der Waals surface area (Å²) in [6.45, 7) is 0. The summed E-state index contributed by atoms with van der Waals surface area (Å²) in [6.07, 6.45) is -2.43. The molecule has 0 fully saturated rings. The van der Waals surface area contributed by atoms with Crippen molar-refractivity contribution in [1.82, 2.24) is 0 Å². The largest absolute Gasteiger partial charge is 0.457 e. The molecule has 0 spiro atoms. The van der Waals surface area contributed by atoms with Crippen molar-refractivity contribution in [1.29, 1.82) is 10.5 Å². The molecule has 0 aromatic heterocycles. The molecule has 0 radical (unpaired) electrons. The van der Waals surface area contributed by atoms with E-state index < -0.39 is 43.9 Å². The van der Waals surface area contributed by atoms with Gasteiger partial charge in [0.05, 0.1) is 27.7 Å². The summed E-state index contributed by atoms with van der Waals surface area (Å²) in [6, 6.07) is 7.95. The molecule has 0 atom stereocenters. The van der Waals surface area contributed by atoms with Gasteiger partial charge in [-0.15, -0.1) is 0 Å². The number of nitrogens with zero attached hydrogens (tertiary/aromatic N) is 2. The van der Waals surface area contributed by atoms with E-state index in [0.717, 1.165) is 36.6 Å². The number of halogens is 3. The molecule has 0 N–H and O–H groups in total. The van der Waals surface area contributed by atoms with Gasteiger partial charge in [0.15, 0.2) is 9.84 Å². The highest BCUT2D eigenvalue weighted by molar-refractivity contribution is 7.90. The summed E-state index contributed by atoms with van der Waals surface area (Å²) in [5.74, 6) is -1.57. The standard InChI is InChI=1S/C16H9F3N2O3S/c1-25(22,23)14-3-2-13(15(16(18)19)12(14)8-21)24-11-5-9(7-20)4-10(17)6-11/h2-6,16H,1H3. The van der Waals surface area contributed by atoms with Crippen LogP contribution in [0.4, 0.5) is 13.2 Å². The van der Waals surface area contributed by atoms with Gasteiger partial charge < -0.3 is 4.74 Å². The third-order valence-electron chi connectivity index (χ3n) is 3.12. The molecule has 0 aliphatic carbocycles. The van der Waals surface area contributed by atoms with Crippen molar-refractivity contribution < 1.29 is 26.3 Å². The normalized spacial score (nSPS) is 11.0. The monoisotopic (exact) mass is 366 g/mol. The average molecular weight is 366 g/mol. The second-order valence-electron chi connectivity index (χ2n) is 4.92. The molecule has 0 aliphatic rings. The zero-order chi connectivity index (χ0) is 18.8. The predicted molar refractivity (Wildman–Crippen MR) is 80.4 cm³/mol. The molecule has 0 saturated carbocycles. The smallest absolute Gasteiger partial charge is 0.268 e. The fraction of sp³-hybridized carbons (Fsp3) is 0.125. The van der Waals surface area contributed by atoms with Gasteiger partial charge in [-0.05, 0) is 24.3 Å². The van der Waals surface area contributed by atoms with Gasteiger partial charge in [-0.25, -0.2) is 21.6 Å². The zero-order valence-electron chi connectivity index (χ0n) is 12.6. The molecule has 0 amide bonds. The van der Waals surface area contributed by atoms with E-state index in [1.54, 1.807) is 6.07 Å². The summed E-state index contributed by atoms with van der Waals surface area (Å²) in [5, 5.41) is 17.9. The molecule has 2 aromatic carbocycles. The Bertz CT molecular complexity index is 1020. The lowest BCUT2D eigenvalue weighted by Gasteiger charge is -2.14. The second-order valence-corrected chi connectivity index (χ2v) is 6.91. The molecule has 9 heteroatoms. The van der Waals surface area contributed by atoms with E-state index in [0.29, 0.717) is 0 Å². The number of sulfone groups is 1. The van der Waals surface area contributed by atoms with Gasteiger partial charge in [0.2, 0.25) is 0 Å². The fourth-order valence-corrected chi connectivity index (χ4v) is 2.97. The summed E-state index contributed by atoms with van der Waals surface area (Å²) in [5.41, 5.74) is -1.76. The minimum absolute atomic E-state index is 0.0955. The summed E-state index contributed by atoms with van der Waals surface area (Å²) in [4.78, 5) is -0.561. The minimum Gasteiger partial charge on any atom is -0.457 e. The Hall–Kier alpha value is -3.04. The van der Waals surface area contributed by atoms with Crippen molar-refractivity contribution in [2.45, 2.75) is 11.3 Å². The number of nitriles is 2. The molecule has 128 valence electrons. The van der Waals surface area contributed by atoms with E-state index in [9.17, 15) is 21.6 Å². The number of alkyl halides is 2. The van der Waals surface area contributed by atoms with E-state index in [4.69, 9.17) is 15.3 Å². The van der Waals surface area contributed by atoms with Crippen LogP contribution in [0.2, 0.25) is 0 Å². The molecule has 2 rings (SSSR count). The minimum atomic E-state index is -3.92. The van der Waals surface area contributed by atoms with Crippen molar-refractivity contribution in [2.24, 2.45) is 0 Å². The Labute approximate surface area is 141 Å². The first-order valence-corrected chi connectivity index (χ1v) is 8.50. The fourth-order valence-electron chi connectivity index (χ4n) is 2.12. The molecule has 0 heterocycles. The number of ether oxygens (including phenoxy) is 1. The Kier molecular flexibility index (Phi) is 5.00. The van der Waals surface area contributed by atoms with E-state index >= 15 is 0 Å². The molecule has 0 aliphatic heterocycles. The van der Waals surface area contributed by atoms with Gasteiger partial charge in [0.1, 0.15) is 23.4 Å². The van der Waals surface area contributed by atoms with Crippen molar-refractivity contribution in [2.75, 3.05) is 6.26 Å². The van der Waals surface area contributed by atoms with Crippen LogP contribution in [0.5, 0.6) is 11.5 Å². The van der Waals surface area contributed by atoms with Crippen LogP contribution in [-0.2, 0) is 9.84 Å². The Morgan fingerprint density at radius 2 is 1.80 bits per heavy atom. The van der Waals surface area contributed by atoms with Crippen LogP contribution in [0, 0.1) is 28.5 Å². The van der Waals surface area contributed by atoms with Crippen LogP contribution in [0.15, 0.2) is 35.2 Å². The maximum Gasteiger partial charge on any atom is 0.268 e. The van der Waals surface area contributed by atoms with Gasteiger partial charge in [-0.2, -0.15) is 10.5 Å². The molecule has 2 aromatic rings. The highest BCUT2D eigenvalue weighted by Crippen LogP contribution is 2.38. The molecular weight excluding hydrogens is 357 g/mol. The third-order valence-corrected chi connectivity index (χ3v) is 4.26.